The van der Waals surface area contributed by atoms with Crippen LogP contribution in [-0.2, 0) is 11.2 Å². The zero-order valence-corrected chi connectivity index (χ0v) is 16.0. The summed E-state index contributed by atoms with van der Waals surface area (Å²) in [6.45, 7) is 4.16. The third kappa shape index (κ3) is 4.09. The Kier molecular flexibility index (Phi) is 5.72. The Hall–Kier alpha value is -2.92. The number of nitrogens with one attached hydrogen (secondary N) is 3. The van der Waals surface area contributed by atoms with Crippen molar-refractivity contribution in [1.29, 1.82) is 0 Å². The van der Waals surface area contributed by atoms with Crippen LogP contribution in [0.1, 0.15) is 29.8 Å². The lowest BCUT2D eigenvalue weighted by Crippen LogP contribution is -3.14. The van der Waals surface area contributed by atoms with E-state index >= 15 is 0 Å². The molecule has 3 aromatic rings. The lowest BCUT2D eigenvalue weighted by molar-refractivity contribution is -0.885. The van der Waals surface area contributed by atoms with E-state index in [0.717, 1.165) is 33.5 Å². The minimum atomic E-state index is -0.323. The van der Waals surface area contributed by atoms with Gasteiger partial charge < -0.3 is 15.2 Å². The number of carbonyl (C=O) groups is 2. The van der Waals surface area contributed by atoms with Crippen molar-refractivity contribution in [2.75, 3.05) is 18.9 Å². The van der Waals surface area contributed by atoms with E-state index in [1.165, 1.54) is 0 Å². The molecule has 0 aliphatic rings. The lowest BCUT2D eigenvalue weighted by atomic mass is 10.0. The van der Waals surface area contributed by atoms with Crippen molar-refractivity contribution in [3.05, 3.63) is 65.9 Å². The minimum Gasteiger partial charge on any atom is -0.360 e. The summed E-state index contributed by atoms with van der Waals surface area (Å²) in [5.41, 5.74) is 3.56. The molecule has 2 aromatic carbocycles. The average Bonchev–Trinajstić information content (AvgIpc) is 3.11. The zero-order chi connectivity index (χ0) is 19.4. The van der Waals surface area contributed by atoms with Gasteiger partial charge >= 0.3 is 0 Å². The molecule has 0 saturated carbocycles. The first-order chi connectivity index (χ1) is 13.0. The first-order valence-corrected chi connectivity index (χ1v) is 9.31. The van der Waals surface area contributed by atoms with Crippen LogP contribution in [0, 0.1) is 0 Å². The topological polar surface area (TPSA) is 66.4 Å². The number of fused-ring (bicyclic) bond motifs is 1. The van der Waals surface area contributed by atoms with Crippen LogP contribution in [0.4, 0.5) is 5.69 Å². The monoisotopic (exact) mass is 364 g/mol. The van der Waals surface area contributed by atoms with E-state index in [1.807, 2.05) is 62.5 Å². The normalized spacial score (nSPS) is 13.3. The number of rotatable bonds is 7. The molecule has 5 heteroatoms. The summed E-state index contributed by atoms with van der Waals surface area (Å²) in [4.78, 5) is 29.4. The van der Waals surface area contributed by atoms with E-state index in [2.05, 4.69) is 17.2 Å². The molecule has 140 valence electrons. The molecule has 2 atom stereocenters. The van der Waals surface area contributed by atoms with E-state index in [0.29, 0.717) is 5.56 Å². The van der Waals surface area contributed by atoms with E-state index in [1.54, 1.807) is 6.20 Å². The van der Waals surface area contributed by atoms with Crippen LogP contribution in [0.25, 0.3) is 10.9 Å². The van der Waals surface area contributed by atoms with Crippen LogP contribution in [0.15, 0.2) is 54.7 Å². The third-order valence-electron chi connectivity index (χ3n) is 5.10. The number of likely N-dealkylation sites (N-methyl/N-ethyl adjacent to an activating group) is 1. The number of quaternary nitrogens is 1. The number of H-pyrrole nitrogens is 1. The molecule has 3 rings (SSSR count). The van der Waals surface area contributed by atoms with E-state index in [9.17, 15) is 9.59 Å². The highest BCUT2D eigenvalue weighted by Gasteiger charge is 2.27. The summed E-state index contributed by atoms with van der Waals surface area (Å²) >= 11 is 0. The van der Waals surface area contributed by atoms with Gasteiger partial charge in [-0.1, -0.05) is 43.3 Å². The molecule has 0 saturated heterocycles. The van der Waals surface area contributed by atoms with Gasteiger partial charge in [0.15, 0.2) is 6.54 Å². The Bertz CT molecular complexity index is 961. The second kappa shape index (κ2) is 8.18. The molecule has 0 bridgehead atoms. The number of anilines is 1. The number of carbonyl (C=O) groups excluding carboxylic acids is 2. The summed E-state index contributed by atoms with van der Waals surface area (Å²) in [6.07, 6.45) is 2.61. The lowest BCUT2D eigenvalue weighted by Gasteiger charge is -2.20. The molecule has 0 fully saturated rings. The molecule has 27 heavy (non-hydrogen) atoms. The summed E-state index contributed by atoms with van der Waals surface area (Å²) in [5, 5.41) is 3.89. The van der Waals surface area contributed by atoms with Crippen molar-refractivity contribution < 1.29 is 14.5 Å². The van der Waals surface area contributed by atoms with Gasteiger partial charge in [-0.05, 0) is 31.0 Å². The van der Waals surface area contributed by atoms with Crippen LogP contribution >= 0.6 is 0 Å². The van der Waals surface area contributed by atoms with Gasteiger partial charge in [-0.2, -0.15) is 0 Å². The summed E-state index contributed by atoms with van der Waals surface area (Å²) in [5.74, 6) is -0.0568. The Balaban J connectivity index is 1.67. The number of benzene rings is 2. The van der Waals surface area contributed by atoms with Crippen LogP contribution < -0.4 is 10.2 Å². The van der Waals surface area contributed by atoms with Crippen LogP contribution in [0.5, 0.6) is 0 Å². The summed E-state index contributed by atoms with van der Waals surface area (Å²) in [7, 11) is 1.88. The van der Waals surface area contributed by atoms with Crippen LogP contribution in [0.3, 0.4) is 0 Å². The minimum absolute atomic E-state index is 0.0340. The van der Waals surface area contributed by atoms with E-state index in [-0.39, 0.29) is 24.3 Å². The van der Waals surface area contributed by atoms with Gasteiger partial charge in [0.25, 0.3) is 5.91 Å². The van der Waals surface area contributed by atoms with Gasteiger partial charge in [-0.3, -0.25) is 9.59 Å². The first-order valence-electron chi connectivity index (χ1n) is 9.31. The predicted octanol–water partition coefficient (Wildman–Crippen LogP) is 2.45. The fraction of sp³-hybridized carbons (Fsp3) is 0.273. The molecular weight excluding hydrogens is 338 g/mol. The number of Topliss-reactive ketones (excluding diaryl/α,β-unsaturated/α-hetero) is 1. The third-order valence-corrected chi connectivity index (χ3v) is 5.10. The molecule has 1 amide bonds. The fourth-order valence-electron chi connectivity index (χ4n) is 3.28. The fourth-order valence-corrected chi connectivity index (χ4v) is 3.28. The molecule has 1 unspecified atom stereocenters. The first kappa shape index (κ1) is 18.9. The van der Waals surface area contributed by atoms with Crippen LogP contribution in [0.2, 0.25) is 0 Å². The Labute approximate surface area is 159 Å². The quantitative estimate of drug-likeness (QED) is 0.564. The van der Waals surface area contributed by atoms with Gasteiger partial charge in [0.05, 0.1) is 7.05 Å². The molecule has 5 nitrogen and oxygen atoms in total. The highest BCUT2D eigenvalue weighted by atomic mass is 16.2. The van der Waals surface area contributed by atoms with E-state index in [4.69, 9.17) is 0 Å². The summed E-state index contributed by atoms with van der Waals surface area (Å²) < 4.78 is 0. The van der Waals surface area contributed by atoms with Crippen molar-refractivity contribution in [2.45, 2.75) is 26.3 Å². The number of hydrogen-bond donors (Lipinski definition) is 3. The molecule has 1 heterocycles. The standard InChI is InChI=1S/C22H25N3O2/c1-4-16-9-5-7-11-19(16)24-21(26)14-25(3)15(2)22(27)18-13-23-20-12-8-6-10-17(18)20/h5-13,15,23H,4,14H2,1-3H3,(H,24,26)/p+1/t15-/m1/s1. The maximum absolute atomic E-state index is 12.9. The Morgan fingerprint density at radius 1 is 1.11 bits per heavy atom. The molecule has 0 aliphatic heterocycles. The highest BCUT2D eigenvalue weighted by Crippen LogP contribution is 2.18. The van der Waals surface area contributed by atoms with Crippen molar-refractivity contribution in [2.24, 2.45) is 0 Å². The average molecular weight is 364 g/mol. The van der Waals surface area contributed by atoms with Crippen molar-refractivity contribution in [3.63, 3.8) is 0 Å². The van der Waals surface area contributed by atoms with Crippen molar-refractivity contribution >= 4 is 28.3 Å². The number of ketones is 1. The number of aryl methyl sites for hydroxylation is 1. The second-order valence-electron chi connectivity index (χ2n) is 6.92. The Morgan fingerprint density at radius 3 is 2.59 bits per heavy atom. The van der Waals surface area contributed by atoms with Gasteiger partial charge in [0.1, 0.15) is 6.04 Å². The molecular formula is C22H26N3O2+. The van der Waals surface area contributed by atoms with Crippen LogP contribution in [-0.4, -0.2) is 36.3 Å². The maximum Gasteiger partial charge on any atom is 0.279 e. The number of para-hydroxylation sites is 2. The number of aromatic amines is 1. The maximum atomic E-state index is 12.9. The van der Waals surface area contributed by atoms with E-state index < -0.39 is 0 Å². The molecule has 0 spiro atoms. The van der Waals surface area contributed by atoms with Gasteiger partial charge in [0, 0.05) is 28.4 Å². The van der Waals surface area contributed by atoms with Gasteiger partial charge in [-0.15, -0.1) is 0 Å². The highest BCUT2D eigenvalue weighted by molar-refractivity contribution is 6.09. The Morgan fingerprint density at radius 2 is 1.81 bits per heavy atom. The number of hydrogen-bond acceptors (Lipinski definition) is 2. The number of aromatic nitrogens is 1. The molecule has 0 aliphatic carbocycles. The smallest absolute Gasteiger partial charge is 0.279 e. The second-order valence-corrected chi connectivity index (χ2v) is 6.92. The van der Waals surface area contributed by atoms with Gasteiger partial charge in [0.2, 0.25) is 5.78 Å². The summed E-state index contributed by atoms with van der Waals surface area (Å²) in [6, 6.07) is 15.2. The molecule has 1 aromatic heterocycles. The molecule has 0 radical (unpaired) electrons. The zero-order valence-electron chi connectivity index (χ0n) is 16.0. The molecule has 3 N–H and O–H groups in total. The predicted molar refractivity (Wildman–Crippen MR) is 108 cm³/mol. The van der Waals surface area contributed by atoms with Crippen molar-refractivity contribution in [3.8, 4) is 0 Å². The largest absolute Gasteiger partial charge is 0.360 e. The van der Waals surface area contributed by atoms with Crippen molar-refractivity contribution in [1.82, 2.24) is 4.98 Å². The van der Waals surface area contributed by atoms with Gasteiger partial charge in [-0.25, -0.2) is 0 Å². The number of amides is 1. The SMILES string of the molecule is CCc1ccccc1NC(=O)C[NH+](C)[C@H](C)C(=O)c1c[nH]c2ccccc12.